The van der Waals surface area contributed by atoms with Crippen LogP contribution in [0.15, 0.2) is 41.4 Å². The molecule has 7 heteroatoms. The van der Waals surface area contributed by atoms with E-state index >= 15 is 0 Å². The molecule has 0 unspecified atom stereocenters. The van der Waals surface area contributed by atoms with Crippen molar-refractivity contribution in [2.45, 2.75) is 27.3 Å². The summed E-state index contributed by atoms with van der Waals surface area (Å²) in [6, 6.07) is 10.8. The first-order valence-corrected chi connectivity index (χ1v) is 9.70. The molecule has 3 rings (SSSR count). The number of amides is 1. The van der Waals surface area contributed by atoms with Gasteiger partial charge in [-0.1, -0.05) is 41.1 Å². The number of fused-ring (bicyclic) bond motifs is 1. The number of aryl methyl sites for hydroxylation is 2. The van der Waals surface area contributed by atoms with Gasteiger partial charge in [0.05, 0.1) is 27.4 Å². The Bertz CT molecular complexity index is 1100. The van der Waals surface area contributed by atoms with Crippen LogP contribution in [0.5, 0.6) is 0 Å². The molecule has 140 valence electrons. The van der Waals surface area contributed by atoms with Gasteiger partial charge in [-0.05, 0) is 50.1 Å². The molecule has 2 aromatic carbocycles. The van der Waals surface area contributed by atoms with Crippen LogP contribution in [0.1, 0.15) is 28.4 Å². The Balaban J connectivity index is 2.19. The number of hydrogen-bond donors (Lipinski definition) is 0. The summed E-state index contributed by atoms with van der Waals surface area (Å²) in [7, 11) is 0. The maximum atomic E-state index is 12.7. The summed E-state index contributed by atoms with van der Waals surface area (Å²) in [5, 5.41) is 0.344. The molecule has 1 amide bonds. The predicted molar refractivity (Wildman–Crippen MR) is 107 cm³/mol. The van der Waals surface area contributed by atoms with Crippen LogP contribution in [-0.4, -0.2) is 23.1 Å². The fourth-order valence-corrected chi connectivity index (χ4v) is 4.36. The zero-order valence-corrected chi connectivity index (χ0v) is 16.9. The highest BCUT2D eigenvalue weighted by Crippen LogP contribution is 2.23. The lowest BCUT2D eigenvalue weighted by Crippen LogP contribution is -2.23. The number of rotatable bonds is 4. The van der Waals surface area contributed by atoms with Crippen molar-refractivity contribution in [3.63, 3.8) is 0 Å². The van der Waals surface area contributed by atoms with Crippen molar-refractivity contribution in [1.29, 1.82) is 0 Å². The van der Waals surface area contributed by atoms with Crippen molar-refractivity contribution < 1.29 is 14.3 Å². The molecule has 27 heavy (non-hydrogen) atoms. The Hall–Kier alpha value is -2.44. The van der Waals surface area contributed by atoms with Crippen LogP contribution >= 0.6 is 22.9 Å². The summed E-state index contributed by atoms with van der Waals surface area (Å²) in [5.74, 6) is -0.817. The number of benzene rings is 2. The Kier molecular flexibility index (Phi) is 5.77. The van der Waals surface area contributed by atoms with Crippen LogP contribution in [0.3, 0.4) is 0 Å². The SMILES string of the molecule is CCOC(=O)Cn1c(=NC(=O)c2ccccc2Cl)sc2cc(C)cc(C)c21. The maximum absolute atomic E-state index is 12.7. The number of ether oxygens (including phenoxy) is 1. The van der Waals surface area contributed by atoms with Gasteiger partial charge in [-0.25, -0.2) is 0 Å². The van der Waals surface area contributed by atoms with E-state index in [1.807, 2.05) is 26.0 Å². The average Bonchev–Trinajstić information content (AvgIpc) is 2.92. The summed E-state index contributed by atoms with van der Waals surface area (Å²) >= 11 is 7.48. The van der Waals surface area contributed by atoms with Crippen LogP contribution in [-0.2, 0) is 16.1 Å². The van der Waals surface area contributed by atoms with Crippen LogP contribution < -0.4 is 4.80 Å². The van der Waals surface area contributed by atoms with Gasteiger partial charge < -0.3 is 9.30 Å². The van der Waals surface area contributed by atoms with E-state index in [1.165, 1.54) is 11.3 Å². The first-order valence-electron chi connectivity index (χ1n) is 8.50. The molecule has 0 aliphatic carbocycles. The number of carbonyl (C=O) groups excluding carboxylic acids is 2. The van der Waals surface area contributed by atoms with Gasteiger partial charge in [-0.15, -0.1) is 0 Å². The molecule has 0 spiro atoms. The molecule has 1 aromatic heterocycles. The Morgan fingerprint density at radius 1 is 1.22 bits per heavy atom. The summed E-state index contributed by atoms with van der Waals surface area (Å²) in [6.45, 7) is 6.03. The third-order valence-corrected chi connectivity index (χ3v) is 5.36. The van der Waals surface area contributed by atoms with Gasteiger partial charge in [0.2, 0.25) is 0 Å². The van der Waals surface area contributed by atoms with Crippen molar-refractivity contribution in [1.82, 2.24) is 4.57 Å². The van der Waals surface area contributed by atoms with Crippen LogP contribution in [0, 0.1) is 13.8 Å². The Morgan fingerprint density at radius 3 is 2.67 bits per heavy atom. The highest BCUT2D eigenvalue weighted by molar-refractivity contribution is 7.16. The zero-order chi connectivity index (χ0) is 19.6. The number of halogens is 1. The van der Waals surface area contributed by atoms with Crippen LogP contribution in [0.25, 0.3) is 10.2 Å². The minimum atomic E-state index is -0.445. The molecule has 1 heterocycles. The van der Waals surface area contributed by atoms with E-state index in [4.69, 9.17) is 16.3 Å². The fourth-order valence-electron chi connectivity index (χ4n) is 2.94. The summed E-state index contributed by atoms with van der Waals surface area (Å²) < 4.78 is 7.79. The minimum Gasteiger partial charge on any atom is -0.465 e. The van der Waals surface area contributed by atoms with E-state index in [2.05, 4.69) is 4.99 Å². The molecule has 0 aliphatic heterocycles. The van der Waals surface area contributed by atoms with Crippen molar-refractivity contribution in [3.05, 3.63) is 62.9 Å². The quantitative estimate of drug-likeness (QED) is 0.612. The monoisotopic (exact) mass is 402 g/mol. The lowest BCUT2D eigenvalue weighted by atomic mass is 10.1. The molecule has 3 aromatic rings. The van der Waals surface area contributed by atoms with Gasteiger partial charge in [-0.2, -0.15) is 4.99 Å². The Labute approximate surface area is 165 Å². The molecule has 0 N–H and O–H groups in total. The van der Waals surface area contributed by atoms with E-state index in [0.29, 0.717) is 22.0 Å². The van der Waals surface area contributed by atoms with Gasteiger partial charge in [-0.3, -0.25) is 9.59 Å². The van der Waals surface area contributed by atoms with Crippen molar-refractivity contribution in [3.8, 4) is 0 Å². The van der Waals surface area contributed by atoms with E-state index in [-0.39, 0.29) is 12.5 Å². The Morgan fingerprint density at radius 2 is 1.96 bits per heavy atom. The molecule has 5 nitrogen and oxygen atoms in total. The number of nitrogens with zero attached hydrogens (tertiary/aromatic N) is 2. The van der Waals surface area contributed by atoms with E-state index in [1.54, 1.807) is 35.8 Å². The highest BCUT2D eigenvalue weighted by atomic mass is 35.5. The third-order valence-electron chi connectivity index (χ3n) is 4.01. The number of aromatic nitrogens is 1. The second-order valence-electron chi connectivity index (χ2n) is 6.10. The molecule has 0 saturated heterocycles. The molecule has 0 radical (unpaired) electrons. The number of thiazole rings is 1. The topological polar surface area (TPSA) is 60.7 Å². The average molecular weight is 403 g/mol. The van der Waals surface area contributed by atoms with E-state index < -0.39 is 5.91 Å². The first kappa shape index (κ1) is 19.3. The normalized spacial score (nSPS) is 11.8. The molecule has 0 aliphatic rings. The second kappa shape index (κ2) is 8.06. The van der Waals surface area contributed by atoms with E-state index in [9.17, 15) is 9.59 Å². The third kappa shape index (κ3) is 4.12. The maximum Gasteiger partial charge on any atom is 0.326 e. The van der Waals surface area contributed by atoms with Crippen molar-refractivity contribution in [2.75, 3.05) is 6.61 Å². The number of carbonyl (C=O) groups is 2. The van der Waals surface area contributed by atoms with E-state index in [0.717, 1.165) is 21.3 Å². The van der Waals surface area contributed by atoms with Gasteiger partial charge in [0, 0.05) is 0 Å². The van der Waals surface area contributed by atoms with Crippen molar-refractivity contribution in [2.24, 2.45) is 4.99 Å². The van der Waals surface area contributed by atoms with Gasteiger partial charge >= 0.3 is 5.97 Å². The molecule has 0 bridgehead atoms. The zero-order valence-electron chi connectivity index (χ0n) is 15.3. The van der Waals surface area contributed by atoms with Crippen molar-refractivity contribution >= 4 is 45.0 Å². The van der Waals surface area contributed by atoms with Crippen LogP contribution in [0.4, 0.5) is 0 Å². The summed E-state index contributed by atoms with van der Waals surface area (Å²) in [4.78, 5) is 29.5. The lowest BCUT2D eigenvalue weighted by molar-refractivity contribution is -0.143. The lowest BCUT2D eigenvalue weighted by Gasteiger charge is -2.07. The predicted octanol–water partition coefficient (Wildman–Crippen LogP) is 4.28. The highest BCUT2D eigenvalue weighted by Gasteiger charge is 2.15. The number of hydrogen-bond acceptors (Lipinski definition) is 4. The smallest absolute Gasteiger partial charge is 0.326 e. The van der Waals surface area contributed by atoms with Gasteiger partial charge in [0.1, 0.15) is 6.54 Å². The standard InChI is InChI=1S/C20H19ClN2O3S/c1-4-26-17(24)11-23-18-13(3)9-12(2)10-16(18)27-20(23)22-19(25)14-7-5-6-8-15(14)21/h5-10H,4,11H2,1-3H3. The molecular weight excluding hydrogens is 384 g/mol. The first-order chi connectivity index (χ1) is 12.9. The molecular formula is C20H19ClN2O3S. The second-order valence-corrected chi connectivity index (χ2v) is 7.52. The largest absolute Gasteiger partial charge is 0.465 e. The molecule has 0 fully saturated rings. The van der Waals surface area contributed by atoms with Gasteiger partial charge in [0.15, 0.2) is 4.80 Å². The van der Waals surface area contributed by atoms with Crippen LogP contribution in [0.2, 0.25) is 5.02 Å². The molecule has 0 atom stereocenters. The molecule has 0 saturated carbocycles. The number of esters is 1. The summed E-state index contributed by atoms with van der Waals surface area (Å²) in [5.41, 5.74) is 3.32. The van der Waals surface area contributed by atoms with Gasteiger partial charge in [0.25, 0.3) is 5.91 Å². The fraction of sp³-hybridized carbons (Fsp3) is 0.250. The minimum absolute atomic E-state index is 0.00756. The summed E-state index contributed by atoms with van der Waals surface area (Å²) in [6.07, 6.45) is 0.